The Labute approximate surface area is 203 Å². The molecule has 4 rings (SSSR count). The van der Waals surface area contributed by atoms with Crippen LogP contribution in [0.1, 0.15) is 36.2 Å². The molecule has 2 N–H and O–H groups in total. The molecule has 1 aliphatic rings. The molecule has 2 amide bonds. The number of carbonyl (C=O) groups is 2. The van der Waals surface area contributed by atoms with E-state index >= 15 is 0 Å². The van der Waals surface area contributed by atoms with Crippen molar-refractivity contribution < 1.29 is 14.0 Å². The van der Waals surface area contributed by atoms with E-state index in [1.165, 1.54) is 6.20 Å². The SMILES string of the molecule is CN(C)c1ccc2oc(C(=O)Nc3ccc(Cl)cn3)c(NC(=O)[C@H]3CC[C@H](N(C)C)CC3)c2n1. The van der Waals surface area contributed by atoms with Crippen LogP contribution in [0.15, 0.2) is 34.9 Å². The molecule has 3 aromatic rings. The number of amides is 2. The summed E-state index contributed by atoms with van der Waals surface area (Å²) < 4.78 is 5.86. The predicted molar refractivity (Wildman–Crippen MR) is 134 cm³/mol. The van der Waals surface area contributed by atoms with Gasteiger partial charge in [0.15, 0.2) is 5.58 Å². The predicted octanol–water partition coefficient (Wildman–Crippen LogP) is 4.25. The fourth-order valence-corrected chi connectivity index (χ4v) is 4.31. The van der Waals surface area contributed by atoms with Crippen LogP contribution in [0.4, 0.5) is 17.3 Å². The van der Waals surface area contributed by atoms with Gasteiger partial charge in [-0.2, -0.15) is 0 Å². The van der Waals surface area contributed by atoms with Gasteiger partial charge in [0.2, 0.25) is 11.7 Å². The molecular formula is C24H29ClN6O3. The fraction of sp³-hybridized carbons (Fsp3) is 0.417. The highest BCUT2D eigenvalue weighted by atomic mass is 35.5. The summed E-state index contributed by atoms with van der Waals surface area (Å²) >= 11 is 5.89. The van der Waals surface area contributed by atoms with E-state index in [1.54, 1.807) is 24.3 Å². The summed E-state index contributed by atoms with van der Waals surface area (Å²) in [5, 5.41) is 6.11. The highest BCUT2D eigenvalue weighted by Gasteiger charge is 2.30. The summed E-state index contributed by atoms with van der Waals surface area (Å²) in [5.74, 6) is 0.177. The van der Waals surface area contributed by atoms with Crippen LogP contribution in [0.25, 0.3) is 11.1 Å². The smallest absolute Gasteiger partial charge is 0.294 e. The average Bonchev–Trinajstić information content (AvgIpc) is 3.18. The Bertz CT molecular complexity index is 1180. The lowest BCUT2D eigenvalue weighted by molar-refractivity contribution is -0.121. The zero-order valence-electron chi connectivity index (χ0n) is 19.8. The zero-order valence-corrected chi connectivity index (χ0v) is 20.5. The minimum absolute atomic E-state index is 0.0227. The summed E-state index contributed by atoms with van der Waals surface area (Å²) in [6.45, 7) is 0. The summed E-state index contributed by atoms with van der Waals surface area (Å²) in [6, 6.07) is 7.24. The van der Waals surface area contributed by atoms with Gasteiger partial charge in [-0.25, -0.2) is 9.97 Å². The van der Waals surface area contributed by atoms with Crippen LogP contribution in [0.5, 0.6) is 0 Å². The van der Waals surface area contributed by atoms with Crippen molar-refractivity contribution in [2.45, 2.75) is 31.7 Å². The van der Waals surface area contributed by atoms with Gasteiger partial charge in [-0.3, -0.25) is 9.59 Å². The lowest BCUT2D eigenvalue weighted by Gasteiger charge is -2.31. The van der Waals surface area contributed by atoms with Crippen LogP contribution >= 0.6 is 11.6 Å². The number of rotatable bonds is 6. The van der Waals surface area contributed by atoms with Gasteiger partial charge in [0.1, 0.15) is 22.8 Å². The van der Waals surface area contributed by atoms with Gasteiger partial charge in [-0.1, -0.05) is 11.6 Å². The van der Waals surface area contributed by atoms with Crippen LogP contribution in [-0.2, 0) is 4.79 Å². The second kappa shape index (κ2) is 9.99. The number of fused-ring (bicyclic) bond motifs is 1. The van der Waals surface area contributed by atoms with E-state index in [1.807, 2.05) is 19.0 Å². The summed E-state index contributed by atoms with van der Waals surface area (Å²) in [6.07, 6.45) is 4.92. The van der Waals surface area contributed by atoms with Crippen molar-refractivity contribution in [2.75, 3.05) is 43.7 Å². The fourth-order valence-electron chi connectivity index (χ4n) is 4.19. The summed E-state index contributed by atoms with van der Waals surface area (Å²) in [5.41, 5.74) is 1.10. The Hall–Kier alpha value is -3.17. The van der Waals surface area contributed by atoms with Crippen LogP contribution in [0.3, 0.4) is 0 Å². The van der Waals surface area contributed by atoms with Crippen LogP contribution in [-0.4, -0.2) is 60.9 Å². The maximum atomic E-state index is 13.2. The molecule has 0 spiro atoms. The Balaban J connectivity index is 1.63. The zero-order chi connectivity index (χ0) is 24.4. The van der Waals surface area contributed by atoms with E-state index in [0.29, 0.717) is 33.8 Å². The molecule has 0 radical (unpaired) electrons. The van der Waals surface area contributed by atoms with E-state index in [4.69, 9.17) is 16.0 Å². The number of nitrogens with zero attached hydrogens (tertiary/aromatic N) is 4. The van der Waals surface area contributed by atoms with Crippen LogP contribution in [0, 0.1) is 5.92 Å². The van der Waals surface area contributed by atoms with E-state index in [0.717, 1.165) is 25.7 Å². The van der Waals surface area contributed by atoms with Gasteiger partial charge in [-0.05, 0) is 64.0 Å². The average molecular weight is 485 g/mol. The third-order valence-electron chi connectivity index (χ3n) is 6.20. The number of nitrogens with one attached hydrogen (secondary N) is 2. The molecular weight excluding hydrogens is 456 g/mol. The van der Waals surface area contributed by atoms with Crippen LogP contribution < -0.4 is 15.5 Å². The second-order valence-corrected chi connectivity index (χ2v) is 9.43. The van der Waals surface area contributed by atoms with Gasteiger partial charge < -0.3 is 24.9 Å². The van der Waals surface area contributed by atoms with Gasteiger partial charge in [-0.15, -0.1) is 0 Å². The molecule has 0 bridgehead atoms. The van der Waals surface area contributed by atoms with Crippen molar-refractivity contribution in [3.8, 4) is 0 Å². The number of furan rings is 1. The largest absolute Gasteiger partial charge is 0.447 e. The van der Waals surface area contributed by atoms with Crippen molar-refractivity contribution in [2.24, 2.45) is 5.92 Å². The van der Waals surface area contributed by atoms with E-state index in [9.17, 15) is 9.59 Å². The number of halogens is 1. The van der Waals surface area contributed by atoms with E-state index in [2.05, 4.69) is 39.6 Å². The molecule has 9 nitrogen and oxygen atoms in total. The molecule has 0 unspecified atom stereocenters. The topological polar surface area (TPSA) is 104 Å². The number of anilines is 3. The summed E-state index contributed by atoms with van der Waals surface area (Å²) in [4.78, 5) is 39.1. The first-order valence-electron chi connectivity index (χ1n) is 11.2. The molecule has 0 aromatic carbocycles. The molecule has 0 aliphatic heterocycles. The quantitative estimate of drug-likeness (QED) is 0.538. The van der Waals surface area contributed by atoms with Crippen molar-refractivity contribution in [1.29, 1.82) is 0 Å². The Morgan fingerprint density at radius 2 is 1.76 bits per heavy atom. The Kier molecular flexibility index (Phi) is 7.04. The minimum atomic E-state index is -0.536. The van der Waals surface area contributed by atoms with Crippen molar-refractivity contribution in [3.63, 3.8) is 0 Å². The molecule has 0 saturated heterocycles. The van der Waals surface area contributed by atoms with Crippen LogP contribution in [0.2, 0.25) is 5.02 Å². The molecule has 34 heavy (non-hydrogen) atoms. The first-order valence-corrected chi connectivity index (χ1v) is 11.6. The molecule has 10 heteroatoms. The third kappa shape index (κ3) is 5.15. The molecule has 3 heterocycles. The highest BCUT2D eigenvalue weighted by molar-refractivity contribution is 6.30. The molecule has 0 atom stereocenters. The van der Waals surface area contributed by atoms with Gasteiger partial charge in [0.25, 0.3) is 5.91 Å². The monoisotopic (exact) mass is 484 g/mol. The van der Waals surface area contributed by atoms with Gasteiger partial charge in [0, 0.05) is 32.3 Å². The number of carbonyl (C=O) groups excluding carboxylic acids is 2. The lowest BCUT2D eigenvalue weighted by Crippen LogP contribution is -2.35. The molecule has 1 aliphatic carbocycles. The first-order chi connectivity index (χ1) is 16.2. The normalized spacial score (nSPS) is 18.2. The maximum absolute atomic E-state index is 13.2. The third-order valence-corrected chi connectivity index (χ3v) is 6.42. The maximum Gasteiger partial charge on any atom is 0.294 e. The number of aromatic nitrogens is 2. The highest BCUT2D eigenvalue weighted by Crippen LogP contribution is 2.34. The summed E-state index contributed by atoms with van der Waals surface area (Å²) in [7, 11) is 7.87. The Morgan fingerprint density at radius 1 is 1.03 bits per heavy atom. The number of hydrogen-bond acceptors (Lipinski definition) is 7. The number of hydrogen-bond donors (Lipinski definition) is 2. The molecule has 1 fully saturated rings. The van der Waals surface area contributed by atoms with E-state index < -0.39 is 5.91 Å². The minimum Gasteiger partial charge on any atom is -0.447 e. The Morgan fingerprint density at radius 3 is 2.38 bits per heavy atom. The second-order valence-electron chi connectivity index (χ2n) is 8.99. The van der Waals surface area contributed by atoms with Gasteiger partial charge >= 0.3 is 0 Å². The first kappa shape index (κ1) is 24.0. The molecule has 3 aromatic heterocycles. The van der Waals surface area contributed by atoms with Gasteiger partial charge in [0.05, 0.1) is 5.02 Å². The van der Waals surface area contributed by atoms with Crippen molar-refractivity contribution in [1.82, 2.24) is 14.9 Å². The number of pyridine rings is 2. The van der Waals surface area contributed by atoms with E-state index in [-0.39, 0.29) is 23.3 Å². The standard InChI is InChI=1S/C24H29ClN6O3/c1-30(2)16-8-5-14(6-9-16)23(32)29-21-20-17(10-12-19(28-20)31(3)4)34-22(21)24(33)27-18-11-7-15(25)13-26-18/h7,10-14,16H,5-6,8-9H2,1-4H3,(H,29,32)(H,26,27,33)/t14-,16-. The van der Waals surface area contributed by atoms with Crippen molar-refractivity contribution in [3.05, 3.63) is 41.2 Å². The molecule has 180 valence electrons. The molecule has 1 saturated carbocycles. The van der Waals surface area contributed by atoms with Crippen molar-refractivity contribution >= 4 is 51.8 Å². The lowest BCUT2D eigenvalue weighted by atomic mass is 9.85.